The molecule has 3 aromatic rings. The molecule has 1 fully saturated rings. The van der Waals surface area contributed by atoms with Gasteiger partial charge in [-0.05, 0) is 43.3 Å². The van der Waals surface area contributed by atoms with Crippen molar-refractivity contribution in [2.45, 2.75) is 6.92 Å². The van der Waals surface area contributed by atoms with Gasteiger partial charge in [0.05, 0.1) is 16.2 Å². The lowest BCUT2D eigenvalue weighted by atomic mass is 10.1. The van der Waals surface area contributed by atoms with Gasteiger partial charge in [0.15, 0.2) is 4.32 Å². The highest BCUT2D eigenvalue weighted by atomic mass is 32.2. The number of anilines is 1. The Balaban J connectivity index is 1.60. The topological polar surface area (TPSA) is 70.8 Å². The van der Waals surface area contributed by atoms with Gasteiger partial charge in [-0.15, -0.1) is 0 Å². The maximum Gasteiger partial charge on any atom is 0.335 e. The summed E-state index contributed by atoms with van der Waals surface area (Å²) in [5.41, 5.74) is 2.66. The van der Waals surface area contributed by atoms with Crippen LogP contribution in [0.3, 0.4) is 0 Å². The first-order valence-corrected chi connectivity index (χ1v) is 9.93. The zero-order valence-electron chi connectivity index (χ0n) is 15.3. The molecular weight excluding hydrogens is 406 g/mol. The molecule has 0 spiro atoms. The van der Waals surface area contributed by atoms with E-state index < -0.39 is 5.97 Å². The van der Waals surface area contributed by atoms with Gasteiger partial charge in [-0.3, -0.25) is 9.69 Å². The second kappa shape index (κ2) is 7.69. The van der Waals surface area contributed by atoms with Crippen molar-refractivity contribution >= 4 is 51.9 Å². The van der Waals surface area contributed by atoms with Crippen molar-refractivity contribution in [3.8, 4) is 11.3 Å². The van der Waals surface area contributed by atoms with Crippen molar-refractivity contribution in [3.63, 3.8) is 0 Å². The van der Waals surface area contributed by atoms with E-state index in [1.165, 1.54) is 22.7 Å². The maximum atomic E-state index is 12.8. The van der Waals surface area contributed by atoms with Crippen LogP contribution in [0.25, 0.3) is 17.4 Å². The highest BCUT2D eigenvalue weighted by molar-refractivity contribution is 8.27. The number of carbonyl (C=O) groups is 2. The minimum Gasteiger partial charge on any atom is -0.478 e. The molecule has 4 rings (SSSR count). The van der Waals surface area contributed by atoms with Crippen molar-refractivity contribution in [3.05, 3.63) is 82.5 Å². The zero-order chi connectivity index (χ0) is 20.5. The molecule has 2 aromatic carbocycles. The van der Waals surface area contributed by atoms with E-state index in [0.29, 0.717) is 26.3 Å². The van der Waals surface area contributed by atoms with Gasteiger partial charge in [-0.1, -0.05) is 53.8 Å². The Hall–Kier alpha value is -3.16. The molecule has 1 aliphatic rings. The second-order valence-corrected chi connectivity index (χ2v) is 8.12. The lowest BCUT2D eigenvalue weighted by Gasteiger charge is -2.14. The number of rotatable bonds is 4. The number of nitrogens with zero attached hydrogens (tertiary/aromatic N) is 1. The number of thioether (sulfide) groups is 1. The summed E-state index contributed by atoms with van der Waals surface area (Å²) in [4.78, 5) is 26.0. The van der Waals surface area contributed by atoms with Gasteiger partial charge >= 0.3 is 5.97 Å². The monoisotopic (exact) mass is 421 g/mol. The van der Waals surface area contributed by atoms with Crippen molar-refractivity contribution < 1.29 is 19.1 Å². The number of aryl methyl sites for hydroxylation is 1. The average molecular weight is 421 g/mol. The molecule has 1 amide bonds. The summed E-state index contributed by atoms with van der Waals surface area (Å²) < 4.78 is 6.27. The van der Waals surface area contributed by atoms with Crippen LogP contribution in [0.1, 0.15) is 21.7 Å². The molecule has 0 unspecified atom stereocenters. The van der Waals surface area contributed by atoms with Crippen LogP contribution in [0.15, 0.2) is 70.0 Å². The summed E-state index contributed by atoms with van der Waals surface area (Å²) in [5, 5.41) is 9.14. The van der Waals surface area contributed by atoms with Crippen molar-refractivity contribution in [2.75, 3.05) is 4.90 Å². The lowest BCUT2D eigenvalue weighted by molar-refractivity contribution is -0.113. The van der Waals surface area contributed by atoms with Crippen LogP contribution in [-0.2, 0) is 4.79 Å². The van der Waals surface area contributed by atoms with E-state index in [-0.39, 0.29) is 11.5 Å². The Kier molecular flexibility index (Phi) is 5.08. The third-order valence-corrected chi connectivity index (χ3v) is 5.68. The maximum absolute atomic E-state index is 12.8. The molecule has 29 heavy (non-hydrogen) atoms. The molecule has 0 atom stereocenters. The molecule has 0 bridgehead atoms. The Labute approximate surface area is 176 Å². The molecule has 5 nitrogen and oxygen atoms in total. The second-order valence-electron chi connectivity index (χ2n) is 6.44. The molecule has 1 aliphatic heterocycles. The number of aromatic carboxylic acids is 1. The number of carbonyl (C=O) groups excluding carboxylic acids is 1. The largest absolute Gasteiger partial charge is 0.478 e. The summed E-state index contributed by atoms with van der Waals surface area (Å²) in [6.45, 7) is 1.98. The van der Waals surface area contributed by atoms with Gasteiger partial charge in [0.25, 0.3) is 5.91 Å². The van der Waals surface area contributed by atoms with E-state index in [0.717, 1.165) is 11.3 Å². The third-order valence-electron chi connectivity index (χ3n) is 4.38. The fourth-order valence-electron chi connectivity index (χ4n) is 2.90. The molecule has 144 valence electrons. The van der Waals surface area contributed by atoms with Gasteiger partial charge in [0.1, 0.15) is 11.5 Å². The van der Waals surface area contributed by atoms with Gasteiger partial charge in [-0.25, -0.2) is 4.79 Å². The number of carboxylic acids is 1. The Morgan fingerprint density at radius 3 is 2.62 bits per heavy atom. The van der Waals surface area contributed by atoms with Crippen LogP contribution in [-0.4, -0.2) is 21.3 Å². The van der Waals surface area contributed by atoms with Gasteiger partial charge in [0.2, 0.25) is 0 Å². The van der Waals surface area contributed by atoms with E-state index >= 15 is 0 Å². The normalized spacial score (nSPS) is 15.3. The van der Waals surface area contributed by atoms with Crippen molar-refractivity contribution in [1.82, 2.24) is 0 Å². The Morgan fingerprint density at radius 2 is 1.90 bits per heavy atom. The van der Waals surface area contributed by atoms with Gasteiger partial charge in [0, 0.05) is 11.6 Å². The first kappa shape index (κ1) is 19.2. The number of benzene rings is 2. The van der Waals surface area contributed by atoms with Crippen LogP contribution >= 0.6 is 24.0 Å². The van der Waals surface area contributed by atoms with Crippen LogP contribution < -0.4 is 4.90 Å². The molecule has 1 aromatic heterocycles. The number of amides is 1. The third kappa shape index (κ3) is 3.87. The van der Waals surface area contributed by atoms with Gasteiger partial charge in [-0.2, -0.15) is 0 Å². The van der Waals surface area contributed by atoms with Gasteiger partial charge < -0.3 is 9.52 Å². The smallest absolute Gasteiger partial charge is 0.335 e. The molecule has 0 radical (unpaired) electrons. The zero-order valence-corrected chi connectivity index (χ0v) is 16.9. The fraction of sp³-hybridized carbons (Fsp3) is 0.0455. The van der Waals surface area contributed by atoms with Crippen LogP contribution in [0, 0.1) is 6.92 Å². The molecule has 0 aliphatic carbocycles. The molecule has 2 heterocycles. The minimum atomic E-state index is -1.00. The Morgan fingerprint density at radius 1 is 1.14 bits per heavy atom. The molecular formula is C22H15NO4S2. The Bertz CT molecular complexity index is 1160. The summed E-state index contributed by atoms with van der Waals surface area (Å²) in [5.74, 6) is -0.188. The molecule has 0 saturated carbocycles. The number of thiocarbonyl (C=S) groups is 1. The molecule has 1 N–H and O–H groups in total. The molecule has 7 heteroatoms. The highest BCUT2D eigenvalue weighted by Gasteiger charge is 2.33. The summed E-state index contributed by atoms with van der Waals surface area (Å²) in [6.07, 6.45) is 1.65. The van der Waals surface area contributed by atoms with Crippen LogP contribution in [0.2, 0.25) is 0 Å². The number of hydrogen-bond donors (Lipinski definition) is 1. The predicted molar refractivity (Wildman–Crippen MR) is 118 cm³/mol. The summed E-state index contributed by atoms with van der Waals surface area (Å²) >= 11 is 6.61. The summed E-state index contributed by atoms with van der Waals surface area (Å²) in [6, 6.07) is 17.6. The van der Waals surface area contributed by atoms with E-state index in [9.17, 15) is 9.59 Å². The average Bonchev–Trinajstić information content (AvgIpc) is 3.28. The first-order chi connectivity index (χ1) is 13.9. The quantitative estimate of drug-likeness (QED) is 0.452. The minimum absolute atomic E-state index is 0.180. The van der Waals surface area contributed by atoms with Crippen LogP contribution in [0.4, 0.5) is 5.69 Å². The predicted octanol–water partition coefficient (Wildman–Crippen LogP) is 5.36. The highest BCUT2D eigenvalue weighted by Crippen LogP contribution is 2.36. The SMILES string of the molecule is Cc1ccc(N2C(=O)/C(=C/c3ccc(-c4cccc(C(=O)O)c4)o3)SC2=S)cc1. The summed E-state index contributed by atoms with van der Waals surface area (Å²) in [7, 11) is 0. The van der Waals surface area contributed by atoms with E-state index in [1.54, 1.807) is 36.4 Å². The number of furan rings is 1. The number of carboxylic acid groups (broad SMARTS) is 1. The fourth-order valence-corrected chi connectivity index (χ4v) is 4.18. The number of hydrogen-bond acceptors (Lipinski definition) is 5. The standard InChI is InChI=1S/C22H15NO4S2/c1-13-5-7-16(8-6-13)23-20(24)19(29-22(23)28)12-17-9-10-18(27-17)14-3-2-4-15(11-14)21(25)26/h2-12H,1H3,(H,25,26)/b19-12-. The van der Waals surface area contributed by atoms with E-state index in [1.807, 2.05) is 31.2 Å². The van der Waals surface area contributed by atoms with Crippen LogP contribution in [0.5, 0.6) is 0 Å². The van der Waals surface area contributed by atoms with E-state index in [4.69, 9.17) is 21.7 Å². The van der Waals surface area contributed by atoms with Crippen molar-refractivity contribution in [1.29, 1.82) is 0 Å². The van der Waals surface area contributed by atoms with Crippen molar-refractivity contribution in [2.24, 2.45) is 0 Å². The lowest BCUT2D eigenvalue weighted by Crippen LogP contribution is -2.27. The molecule has 1 saturated heterocycles. The van der Waals surface area contributed by atoms with E-state index in [2.05, 4.69) is 0 Å². The first-order valence-electron chi connectivity index (χ1n) is 8.70.